The second-order valence-corrected chi connectivity index (χ2v) is 7.50. The molecule has 1 amide bonds. The minimum atomic E-state index is -0.941. The first-order chi connectivity index (χ1) is 15.3. The summed E-state index contributed by atoms with van der Waals surface area (Å²) < 4.78 is 36.0. The van der Waals surface area contributed by atoms with E-state index in [9.17, 15) is 23.5 Å². The SMILES string of the molecule is Cc1cc2c3c4cccnc4oc(=O)c3n(Cc3cc(C(N)=O)c(O)cc3F)c2cc1F. The van der Waals surface area contributed by atoms with Gasteiger partial charge in [-0.15, -0.1) is 0 Å². The van der Waals surface area contributed by atoms with Crippen LogP contribution < -0.4 is 11.4 Å². The van der Waals surface area contributed by atoms with Gasteiger partial charge in [0.05, 0.1) is 17.6 Å². The van der Waals surface area contributed by atoms with Crippen molar-refractivity contribution >= 4 is 38.8 Å². The molecule has 0 saturated carbocycles. The number of benzene rings is 2. The van der Waals surface area contributed by atoms with Gasteiger partial charge < -0.3 is 19.8 Å². The van der Waals surface area contributed by atoms with Gasteiger partial charge in [-0.05, 0) is 42.8 Å². The molecule has 3 heterocycles. The summed E-state index contributed by atoms with van der Waals surface area (Å²) in [6.45, 7) is 1.36. The number of halogens is 2. The summed E-state index contributed by atoms with van der Waals surface area (Å²) in [6.07, 6.45) is 1.48. The highest BCUT2D eigenvalue weighted by atomic mass is 19.1. The molecule has 0 saturated heterocycles. The first-order valence-corrected chi connectivity index (χ1v) is 9.57. The van der Waals surface area contributed by atoms with Gasteiger partial charge in [-0.2, -0.15) is 0 Å². The van der Waals surface area contributed by atoms with Gasteiger partial charge in [-0.25, -0.2) is 18.6 Å². The molecule has 3 aromatic heterocycles. The van der Waals surface area contributed by atoms with Crippen LogP contribution in [0.1, 0.15) is 21.5 Å². The topological polar surface area (TPSA) is 111 Å². The van der Waals surface area contributed by atoms with E-state index in [4.69, 9.17) is 10.2 Å². The zero-order chi connectivity index (χ0) is 22.7. The quantitative estimate of drug-likeness (QED) is 0.449. The second-order valence-electron chi connectivity index (χ2n) is 7.50. The summed E-state index contributed by atoms with van der Waals surface area (Å²) in [5, 5.41) is 11.4. The molecule has 0 aliphatic heterocycles. The van der Waals surface area contributed by atoms with Crippen molar-refractivity contribution in [3.63, 3.8) is 0 Å². The van der Waals surface area contributed by atoms with Crippen LogP contribution in [0.15, 0.2) is 51.8 Å². The average Bonchev–Trinajstić information content (AvgIpc) is 3.04. The number of primary amides is 1. The predicted octanol–water partition coefficient (Wildman–Crippen LogP) is 3.74. The molecule has 7 nitrogen and oxygen atoms in total. The number of carbonyl (C=O) groups excluding carboxylic acids is 1. The highest BCUT2D eigenvalue weighted by Crippen LogP contribution is 2.35. The van der Waals surface area contributed by atoms with E-state index < -0.39 is 28.9 Å². The lowest BCUT2D eigenvalue weighted by molar-refractivity contribution is 0.0997. The summed E-state index contributed by atoms with van der Waals surface area (Å²) in [4.78, 5) is 28.6. The highest BCUT2D eigenvalue weighted by molar-refractivity contribution is 6.18. The Kier molecular flexibility index (Phi) is 4.23. The number of rotatable bonds is 3. The number of aryl methyl sites for hydroxylation is 1. The normalized spacial score (nSPS) is 11.6. The third-order valence-corrected chi connectivity index (χ3v) is 5.53. The molecule has 0 bridgehead atoms. The van der Waals surface area contributed by atoms with Crippen molar-refractivity contribution in [2.45, 2.75) is 13.5 Å². The van der Waals surface area contributed by atoms with E-state index in [1.54, 1.807) is 25.1 Å². The number of nitrogens with zero attached hydrogens (tertiary/aromatic N) is 2. The molecule has 0 unspecified atom stereocenters. The van der Waals surface area contributed by atoms with Gasteiger partial charge in [0.25, 0.3) is 5.91 Å². The largest absolute Gasteiger partial charge is 0.507 e. The maximum atomic E-state index is 14.7. The van der Waals surface area contributed by atoms with Crippen molar-refractivity contribution in [3.8, 4) is 5.75 Å². The molecule has 0 aliphatic rings. The molecule has 2 aromatic carbocycles. The van der Waals surface area contributed by atoms with Crippen LogP contribution in [0, 0.1) is 18.6 Å². The summed E-state index contributed by atoms with van der Waals surface area (Å²) in [7, 11) is 0. The van der Waals surface area contributed by atoms with Gasteiger partial charge in [0, 0.05) is 34.0 Å². The molecule has 9 heteroatoms. The minimum absolute atomic E-state index is 0.0259. The zero-order valence-corrected chi connectivity index (χ0v) is 16.6. The summed E-state index contributed by atoms with van der Waals surface area (Å²) in [6, 6.07) is 8.16. The predicted molar refractivity (Wildman–Crippen MR) is 114 cm³/mol. The number of carbonyl (C=O) groups is 1. The molecule has 32 heavy (non-hydrogen) atoms. The summed E-state index contributed by atoms with van der Waals surface area (Å²) in [5.41, 5.74) is 5.16. The highest BCUT2D eigenvalue weighted by Gasteiger charge is 2.22. The average molecular weight is 435 g/mol. The minimum Gasteiger partial charge on any atom is -0.507 e. The maximum Gasteiger partial charge on any atom is 0.362 e. The lowest BCUT2D eigenvalue weighted by Gasteiger charge is -2.11. The van der Waals surface area contributed by atoms with Crippen molar-refractivity contribution in [2.24, 2.45) is 5.73 Å². The number of amides is 1. The number of phenols is 1. The van der Waals surface area contributed by atoms with Crippen molar-refractivity contribution in [1.29, 1.82) is 0 Å². The fraction of sp³-hybridized carbons (Fsp3) is 0.0870. The first-order valence-electron chi connectivity index (χ1n) is 9.57. The molecular weight excluding hydrogens is 420 g/mol. The van der Waals surface area contributed by atoms with Crippen LogP contribution in [-0.4, -0.2) is 20.6 Å². The molecular formula is C23H15F2N3O4. The number of aromatic nitrogens is 2. The zero-order valence-electron chi connectivity index (χ0n) is 16.6. The molecule has 0 radical (unpaired) electrons. The summed E-state index contributed by atoms with van der Waals surface area (Å²) >= 11 is 0. The van der Waals surface area contributed by atoms with Crippen molar-refractivity contribution < 1.29 is 23.1 Å². The van der Waals surface area contributed by atoms with Crippen LogP contribution in [0.3, 0.4) is 0 Å². The lowest BCUT2D eigenvalue weighted by atomic mass is 10.1. The molecule has 0 spiro atoms. The Labute approximate surface area is 178 Å². The van der Waals surface area contributed by atoms with Crippen molar-refractivity contribution in [1.82, 2.24) is 9.55 Å². The number of hydrogen-bond donors (Lipinski definition) is 2. The van der Waals surface area contributed by atoms with Crippen LogP contribution in [0.4, 0.5) is 8.78 Å². The Morgan fingerprint density at radius 3 is 2.72 bits per heavy atom. The fourth-order valence-electron chi connectivity index (χ4n) is 4.02. The molecule has 160 valence electrons. The van der Waals surface area contributed by atoms with E-state index >= 15 is 0 Å². The third-order valence-electron chi connectivity index (χ3n) is 5.53. The third kappa shape index (κ3) is 2.82. The number of nitrogens with two attached hydrogens (primary N) is 1. The number of fused-ring (bicyclic) bond motifs is 5. The number of aromatic hydroxyl groups is 1. The number of hydrogen-bond acceptors (Lipinski definition) is 5. The van der Waals surface area contributed by atoms with Crippen LogP contribution in [0.25, 0.3) is 32.9 Å². The Balaban J connectivity index is 1.90. The van der Waals surface area contributed by atoms with Gasteiger partial charge in [0.2, 0.25) is 5.71 Å². The molecule has 5 aromatic rings. The Bertz CT molecular complexity index is 1650. The summed E-state index contributed by atoms with van der Waals surface area (Å²) in [5.74, 6) is -2.86. The van der Waals surface area contributed by atoms with Crippen LogP contribution >= 0.6 is 0 Å². The van der Waals surface area contributed by atoms with Gasteiger partial charge in [0.15, 0.2) is 0 Å². The van der Waals surface area contributed by atoms with E-state index in [0.717, 1.165) is 12.1 Å². The first kappa shape index (κ1) is 19.7. The van der Waals surface area contributed by atoms with Gasteiger partial charge in [0.1, 0.15) is 22.9 Å². The van der Waals surface area contributed by atoms with E-state index in [1.807, 2.05) is 0 Å². The molecule has 5 rings (SSSR count). The van der Waals surface area contributed by atoms with Crippen LogP contribution in [0.5, 0.6) is 5.75 Å². The Hall–Kier alpha value is -4.27. The standard InChI is InChI=1S/C23H15F2N3O4/c1-10-5-13-17(7-15(10)24)28(9-11-6-14(21(26)30)18(29)8-16(11)25)20-19(13)12-3-2-4-27-22(12)32-23(20)31/h2-8,29H,9H2,1H3,(H2,26,30). The molecule has 0 fully saturated rings. The molecule has 0 aliphatic carbocycles. The van der Waals surface area contributed by atoms with Crippen LogP contribution in [-0.2, 0) is 6.54 Å². The van der Waals surface area contributed by atoms with Crippen LogP contribution in [0.2, 0.25) is 0 Å². The van der Waals surface area contributed by atoms with E-state index in [1.165, 1.54) is 16.8 Å². The van der Waals surface area contributed by atoms with Gasteiger partial charge in [-0.1, -0.05) is 0 Å². The Morgan fingerprint density at radius 2 is 1.97 bits per heavy atom. The number of pyridine rings is 1. The van der Waals surface area contributed by atoms with Gasteiger partial charge in [-0.3, -0.25) is 4.79 Å². The molecule has 3 N–H and O–H groups in total. The lowest BCUT2D eigenvalue weighted by Crippen LogP contribution is -2.14. The van der Waals surface area contributed by atoms with E-state index in [0.29, 0.717) is 27.2 Å². The fourth-order valence-corrected chi connectivity index (χ4v) is 4.02. The Morgan fingerprint density at radius 1 is 1.19 bits per heavy atom. The van der Waals surface area contributed by atoms with Crippen molar-refractivity contribution in [3.05, 3.63) is 81.3 Å². The van der Waals surface area contributed by atoms with E-state index in [2.05, 4.69) is 4.98 Å². The monoisotopic (exact) mass is 435 g/mol. The van der Waals surface area contributed by atoms with E-state index in [-0.39, 0.29) is 28.9 Å². The molecule has 0 atom stereocenters. The smallest absolute Gasteiger partial charge is 0.362 e. The van der Waals surface area contributed by atoms with Gasteiger partial charge >= 0.3 is 5.63 Å². The second kappa shape index (κ2) is 6.88. The van der Waals surface area contributed by atoms with Crippen molar-refractivity contribution in [2.75, 3.05) is 0 Å². The maximum absolute atomic E-state index is 14.7.